The Morgan fingerprint density at radius 1 is 0.661 bits per heavy atom. The third-order valence-corrected chi connectivity index (χ3v) is 11.7. The predicted molar refractivity (Wildman–Crippen MR) is 236 cm³/mol. The molecular weight excluding hydrogens is 846 g/mol. The summed E-state index contributed by atoms with van der Waals surface area (Å²) < 4.78 is 47.8. The molecule has 0 amide bonds. The van der Waals surface area contributed by atoms with Crippen LogP contribution in [-0.4, -0.2) is 104 Å². The van der Waals surface area contributed by atoms with E-state index in [2.05, 4.69) is 47.2 Å². The molecule has 1 saturated carbocycles. The van der Waals surface area contributed by atoms with Gasteiger partial charge in [0, 0.05) is 25.2 Å². The van der Waals surface area contributed by atoms with E-state index in [1.165, 1.54) is 25.7 Å². The maximum absolute atomic E-state index is 12.8. The fourth-order valence-corrected chi connectivity index (χ4v) is 7.90. The number of hydrogen-bond donors (Lipinski definition) is 7. The first-order chi connectivity index (χ1) is 29.6. The normalized spacial score (nSPS) is 21.0. The number of hydrogen-bond acceptors (Lipinski definition) is 13. The number of carbonyl (C=O) groups is 2. The molecule has 62 heavy (non-hydrogen) atoms. The van der Waals surface area contributed by atoms with Crippen LogP contribution in [0.5, 0.6) is 0 Å². The number of phosphoric ester groups is 2. The first-order valence-corrected chi connectivity index (χ1v) is 25.6. The Balaban J connectivity index is 2.59. The third kappa shape index (κ3) is 31.7. The fraction of sp³-hybridized carbons (Fsp3) is 0.773. The number of phosphoric acid groups is 2. The Hall–Kier alpha value is -2.04. The number of carbonyl (C=O) groups excluding carboxylic acids is 2. The summed E-state index contributed by atoms with van der Waals surface area (Å²) in [5.41, 5.74) is 0. The number of aliphatic hydroxyl groups excluding tert-OH is 4. The minimum atomic E-state index is -4.90. The quantitative estimate of drug-likeness (QED) is 0.0102. The van der Waals surface area contributed by atoms with Gasteiger partial charge in [-0.25, -0.2) is 9.13 Å². The van der Waals surface area contributed by atoms with Gasteiger partial charge in [-0.2, -0.15) is 0 Å². The van der Waals surface area contributed by atoms with Gasteiger partial charge in [0.15, 0.2) is 6.10 Å². The minimum absolute atomic E-state index is 0.0501. The van der Waals surface area contributed by atoms with Crippen LogP contribution < -0.4 is 0 Å². The van der Waals surface area contributed by atoms with Crippen molar-refractivity contribution >= 4 is 27.6 Å². The Morgan fingerprint density at radius 3 is 1.92 bits per heavy atom. The molecule has 0 bridgehead atoms. The second-order valence-corrected chi connectivity index (χ2v) is 18.7. The van der Waals surface area contributed by atoms with Gasteiger partial charge in [-0.1, -0.05) is 120 Å². The maximum Gasteiger partial charge on any atom is 0.472 e. The van der Waals surface area contributed by atoms with Gasteiger partial charge in [0.05, 0.1) is 38.1 Å². The highest BCUT2D eigenvalue weighted by atomic mass is 31.2. The summed E-state index contributed by atoms with van der Waals surface area (Å²) in [5.74, 6) is -1.76. The Kier molecular flexibility index (Phi) is 33.0. The van der Waals surface area contributed by atoms with Crippen molar-refractivity contribution in [1.29, 1.82) is 0 Å². The summed E-state index contributed by atoms with van der Waals surface area (Å²) in [7, 11) is -9.78. The highest BCUT2D eigenvalue weighted by Gasteiger charge is 2.39. The molecule has 0 aromatic heterocycles. The molecule has 0 saturated heterocycles. The van der Waals surface area contributed by atoms with Crippen LogP contribution in [0.4, 0.5) is 0 Å². The van der Waals surface area contributed by atoms with Crippen molar-refractivity contribution in [3.8, 4) is 0 Å². The van der Waals surface area contributed by atoms with E-state index < -0.39 is 84.5 Å². The van der Waals surface area contributed by atoms with Crippen molar-refractivity contribution in [2.24, 2.45) is 11.8 Å². The van der Waals surface area contributed by atoms with E-state index in [-0.39, 0.29) is 31.1 Å². The van der Waals surface area contributed by atoms with Gasteiger partial charge in [0.2, 0.25) is 0 Å². The SMILES string of the molecule is CCCCCC/C=C\C=C/CCCCCCCC(=O)OC[C@H](COP(=O)(O)OC[C@@H](O)COP(=O)(O)O)OC(=O)CCC/C=C/C[C@@H]1[C@@H](/C=C/[C@@H](O)CCCCC)[C@H](O)C[C@@H]1O. The van der Waals surface area contributed by atoms with Crippen molar-refractivity contribution in [2.75, 3.05) is 26.4 Å². The Bertz CT molecular complexity index is 1400. The number of rotatable bonds is 38. The first-order valence-electron chi connectivity index (χ1n) is 22.6. The van der Waals surface area contributed by atoms with Gasteiger partial charge < -0.3 is 44.6 Å². The van der Waals surface area contributed by atoms with Gasteiger partial charge in [0.1, 0.15) is 12.7 Å². The van der Waals surface area contributed by atoms with E-state index >= 15 is 0 Å². The van der Waals surface area contributed by atoms with Crippen molar-refractivity contribution in [3.63, 3.8) is 0 Å². The Labute approximate surface area is 369 Å². The summed E-state index contributed by atoms with van der Waals surface area (Å²) in [6.07, 6.45) is 27.7. The molecule has 7 N–H and O–H groups in total. The van der Waals surface area contributed by atoms with Gasteiger partial charge >= 0.3 is 27.6 Å². The van der Waals surface area contributed by atoms with Crippen LogP contribution in [0.3, 0.4) is 0 Å². The molecule has 1 aliphatic rings. The zero-order chi connectivity index (χ0) is 46.1. The first kappa shape index (κ1) is 58.0. The minimum Gasteiger partial charge on any atom is -0.462 e. The van der Waals surface area contributed by atoms with Crippen LogP contribution >= 0.6 is 15.6 Å². The lowest BCUT2D eigenvalue weighted by atomic mass is 9.89. The average Bonchev–Trinajstić information content (AvgIpc) is 3.49. The van der Waals surface area contributed by atoms with E-state index in [0.29, 0.717) is 32.1 Å². The number of ether oxygens (including phenoxy) is 2. The van der Waals surface area contributed by atoms with Gasteiger partial charge in [0.25, 0.3) is 0 Å². The molecule has 1 unspecified atom stereocenters. The van der Waals surface area contributed by atoms with E-state index in [1.807, 2.05) is 12.2 Å². The van der Waals surface area contributed by atoms with Gasteiger partial charge in [-0.3, -0.25) is 23.2 Å². The fourth-order valence-electron chi connectivity index (χ4n) is 6.74. The zero-order valence-corrected chi connectivity index (χ0v) is 38.8. The summed E-state index contributed by atoms with van der Waals surface area (Å²) in [6, 6.07) is 0. The van der Waals surface area contributed by atoms with Crippen LogP contribution in [0.1, 0.15) is 149 Å². The van der Waals surface area contributed by atoms with E-state index in [9.17, 15) is 44.0 Å². The molecule has 0 aromatic rings. The number of aliphatic hydroxyl groups is 4. The number of esters is 2. The number of allylic oxidation sites excluding steroid dienone is 6. The molecule has 1 aliphatic carbocycles. The molecule has 1 rings (SSSR count). The monoisotopic (exact) mass is 924 g/mol. The summed E-state index contributed by atoms with van der Waals surface area (Å²) in [4.78, 5) is 52.9. The van der Waals surface area contributed by atoms with Crippen molar-refractivity contribution < 1.29 is 76.9 Å². The number of unbranched alkanes of at least 4 members (excludes halogenated alkanes) is 12. The maximum atomic E-state index is 12.8. The smallest absolute Gasteiger partial charge is 0.462 e. The molecular formula is C44H78O16P2. The van der Waals surface area contributed by atoms with Crippen LogP contribution in [-0.2, 0) is 41.8 Å². The lowest BCUT2D eigenvalue weighted by Crippen LogP contribution is -2.29. The molecule has 16 nitrogen and oxygen atoms in total. The topological polar surface area (TPSA) is 256 Å². The largest absolute Gasteiger partial charge is 0.472 e. The second-order valence-electron chi connectivity index (χ2n) is 16.0. The zero-order valence-electron chi connectivity index (χ0n) is 37.0. The molecule has 0 aromatic carbocycles. The summed E-state index contributed by atoms with van der Waals surface area (Å²) >= 11 is 0. The highest BCUT2D eigenvalue weighted by Crippen LogP contribution is 2.44. The lowest BCUT2D eigenvalue weighted by Gasteiger charge is -2.20. The molecule has 360 valence electrons. The molecule has 8 atom stereocenters. The van der Waals surface area contributed by atoms with Crippen LogP contribution in [0.25, 0.3) is 0 Å². The van der Waals surface area contributed by atoms with E-state index in [0.717, 1.165) is 57.8 Å². The Morgan fingerprint density at radius 2 is 1.24 bits per heavy atom. The van der Waals surface area contributed by atoms with E-state index in [4.69, 9.17) is 23.8 Å². The van der Waals surface area contributed by atoms with Gasteiger partial charge in [-0.15, -0.1) is 0 Å². The van der Waals surface area contributed by atoms with Crippen LogP contribution in [0.2, 0.25) is 0 Å². The molecule has 18 heteroatoms. The molecule has 0 radical (unpaired) electrons. The van der Waals surface area contributed by atoms with E-state index in [1.54, 1.807) is 12.2 Å². The second kappa shape index (κ2) is 35.2. The molecule has 0 aliphatic heterocycles. The highest BCUT2D eigenvalue weighted by molar-refractivity contribution is 7.47. The van der Waals surface area contributed by atoms with Gasteiger partial charge in [-0.05, 0) is 63.7 Å². The summed E-state index contributed by atoms with van der Waals surface area (Å²) in [5, 5.41) is 41.1. The third-order valence-electron chi connectivity index (χ3n) is 10.3. The van der Waals surface area contributed by atoms with Crippen molar-refractivity contribution in [2.45, 2.75) is 179 Å². The van der Waals surface area contributed by atoms with Crippen LogP contribution in [0, 0.1) is 11.8 Å². The van der Waals surface area contributed by atoms with Crippen molar-refractivity contribution in [1.82, 2.24) is 0 Å². The molecule has 1 fully saturated rings. The molecule has 0 spiro atoms. The van der Waals surface area contributed by atoms with Crippen LogP contribution in [0.15, 0.2) is 48.6 Å². The standard InChI is InChI=1S/C44H78O16P2/c1-3-5-7-8-9-10-11-12-13-14-15-16-17-18-23-27-43(49)56-34-38(35-59-62(54,55)58-33-37(46)32-57-61(51,52)53)60-44(50)28-24-20-19-22-26-39-40(42(48)31-41(39)47)30-29-36(45)25-21-6-4-2/h10-13,19,22,29-30,36-42,45-48H,3-9,14-18,20-21,23-28,31-35H2,1-2H3,(H,54,55)(H2,51,52,53)/b11-10-,13-12-,22-19+,30-29+/t36-,37-,38+,39+,40+,41-,42+/m0/s1. The van der Waals surface area contributed by atoms with Crippen molar-refractivity contribution in [3.05, 3.63) is 48.6 Å². The molecule has 0 heterocycles. The lowest BCUT2D eigenvalue weighted by molar-refractivity contribution is -0.161. The summed E-state index contributed by atoms with van der Waals surface area (Å²) in [6.45, 7) is 1.34. The average molecular weight is 925 g/mol. The predicted octanol–water partition coefficient (Wildman–Crippen LogP) is 7.83.